The van der Waals surface area contributed by atoms with Crippen molar-refractivity contribution >= 4 is 17.2 Å². The summed E-state index contributed by atoms with van der Waals surface area (Å²) in [7, 11) is 0. The summed E-state index contributed by atoms with van der Waals surface area (Å²) < 4.78 is 5.26. The van der Waals surface area contributed by atoms with Gasteiger partial charge < -0.3 is 14.6 Å². The van der Waals surface area contributed by atoms with Crippen LogP contribution in [0.15, 0.2) is 29.1 Å². The van der Waals surface area contributed by atoms with Gasteiger partial charge in [-0.1, -0.05) is 0 Å². The van der Waals surface area contributed by atoms with Crippen LogP contribution in [0.1, 0.15) is 22.5 Å². The molecule has 0 aromatic carbocycles. The lowest BCUT2D eigenvalue weighted by atomic mass is 9.84. The molecule has 110 valence electrons. The predicted molar refractivity (Wildman–Crippen MR) is 80.2 cm³/mol. The highest BCUT2D eigenvalue weighted by molar-refractivity contribution is 7.17. The van der Waals surface area contributed by atoms with E-state index < -0.39 is 0 Å². The molecule has 21 heavy (non-hydrogen) atoms. The summed E-state index contributed by atoms with van der Waals surface area (Å²) >= 11 is 1.45. The minimum atomic E-state index is 0.0320. The minimum Gasteiger partial charge on any atom is -0.443 e. The van der Waals surface area contributed by atoms with Crippen molar-refractivity contribution < 1.29 is 9.21 Å². The first-order valence-electron chi connectivity index (χ1n) is 7.31. The van der Waals surface area contributed by atoms with Gasteiger partial charge in [0.15, 0.2) is 12.2 Å². The quantitative estimate of drug-likeness (QED) is 0.944. The second-order valence-corrected chi connectivity index (χ2v) is 6.83. The third kappa shape index (κ3) is 2.49. The predicted octanol–water partition coefficient (Wildman–Crippen LogP) is 2.23. The van der Waals surface area contributed by atoms with Gasteiger partial charge in [0.05, 0.1) is 16.0 Å². The van der Waals surface area contributed by atoms with Crippen molar-refractivity contribution in [3.63, 3.8) is 0 Å². The Bertz CT molecular complexity index is 629. The van der Waals surface area contributed by atoms with Crippen molar-refractivity contribution in [2.45, 2.75) is 18.9 Å². The number of piperidine rings is 3. The van der Waals surface area contributed by atoms with E-state index in [0.717, 1.165) is 16.3 Å². The second kappa shape index (κ2) is 5.27. The van der Waals surface area contributed by atoms with Gasteiger partial charge in [-0.3, -0.25) is 4.79 Å². The van der Waals surface area contributed by atoms with E-state index in [0.29, 0.717) is 17.7 Å². The van der Waals surface area contributed by atoms with E-state index >= 15 is 0 Å². The SMILES string of the molecule is O=C(N[C@H]1CN2CCC1CC2)c1ccc(-c2cnco2)s1. The molecule has 1 atom stereocenters. The van der Waals surface area contributed by atoms with E-state index in [1.165, 1.54) is 43.7 Å². The van der Waals surface area contributed by atoms with Crippen molar-refractivity contribution in [2.24, 2.45) is 5.92 Å². The molecular formula is C15H17N3O2S. The van der Waals surface area contributed by atoms with E-state index in [4.69, 9.17) is 4.42 Å². The van der Waals surface area contributed by atoms with E-state index in [-0.39, 0.29) is 5.91 Å². The smallest absolute Gasteiger partial charge is 0.261 e. The number of aromatic nitrogens is 1. The maximum atomic E-state index is 12.4. The molecule has 6 heteroatoms. The molecule has 3 saturated heterocycles. The third-order valence-corrected chi connectivity index (χ3v) is 5.58. The molecular weight excluding hydrogens is 286 g/mol. The molecule has 0 spiro atoms. The Kier molecular flexibility index (Phi) is 3.27. The Morgan fingerprint density at radius 1 is 1.38 bits per heavy atom. The maximum absolute atomic E-state index is 12.4. The van der Waals surface area contributed by atoms with Crippen molar-refractivity contribution in [3.05, 3.63) is 29.6 Å². The van der Waals surface area contributed by atoms with E-state index in [2.05, 4.69) is 15.2 Å². The molecule has 0 unspecified atom stereocenters. The highest BCUT2D eigenvalue weighted by atomic mass is 32.1. The van der Waals surface area contributed by atoms with Crippen LogP contribution in [-0.4, -0.2) is 41.5 Å². The van der Waals surface area contributed by atoms with Gasteiger partial charge in [0.2, 0.25) is 0 Å². The van der Waals surface area contributed by atoms with E-state index in [9.17, 15) is 4.79 Å². The summed E-state index contributed by atoms with van der Waals surface area (Å²) in [6.07, 6.45) is 5.49. The first-order valence-corrected chi connectivity index (χ1v) is 8.13. The molecule has 2 aromatic rings. The lowest BCUT2D eigenvalue weighted by Crippen LogP contribution is -2.57. The highest BCUT2D eigenvalue weighted by Gasteiger charge is 2.35. The Hall–Kier alpha value is -1.66. The Labute approximate surface area is 127 Å². The van der Waals surface area contributed by atoms with Crippen molar-refractivity contribution in [2.75, 3.05) is 19.6 Å². The summed E-state index contributed by atoms with van der Waals surface area (Å²) in [6.45, 7) is 3.37. The van der Waals surface area contributed by atoms with Gasteiger partial charge in [-0.25, -0.2) is 4.98 Å². The molecule has 1 N–H and O–H groups in total. The topological polar surface area (TPSA) is 58.4 Å². The van der Waals surface area contributed by atoms with Crippen LogP contribution in [0.5, 0.6) is 0 Å². The molecule has 0 aliphatic carbocycles. The number of rotatable bonds is 3. The molecule has 0 saturated carbocycles. The summed E-state index contributed by atoms with van der Waals surface area (Å²) in [6, 6.07) is 4.08. The van der Waals surface area contributed by atoms with E-state index in [1.807, 2.05) is 12.1 Å². The van der Waals surface area contributed by atoms with Gasteiger partial charge in [-0.15, -0.1) is 11.3 Å². The molecule has 2 aromatic heterocycles. The zero-order chi connectivity index (χ0) is 14.2. The van der Waals surface area contributed by atoms with Crippen LogP contribution >= 0.6 is 11.3 Å². The van der Waals surface area contributed by atoms with Crippen LogP contribution in [0, 0.1) is 5.92 Å². The first-order chi connectivity index (χ1) is 10.3. The fourth-order valence-corrected chi connectivity index (χ4v) is 4.16. The Morgan fingerprint density at radius 3 is 2.90 bits per heavy atom. The summed E-state index contributed by atoms with van der Waals surface area (Å²) in [5.41, 5.74) is 0. The van der Waals surface area contributed by atoms with Crippen LogP contribution in [-0.2, 0) is 0 Å². The molecule has 5 heterocycles. The molecule has 2 bridgehead atoms. The largest absolute Gasteiger partial charge is 0.443 e. The summed E-state index contributed by atoms with van der Waals surface area (Å²) in [5, 5.41) is 3.21. The van der Waals surface area contributed by atoms with Gasteiger partial charge in [0, 0.05) is 12.6 Å². The molecule has 0 radical (unpaired) electrons. The standard InChI is InChI=1S/C15H17N3O2S/c19-15(17-11-8-18-5-3-10(11)4-6-18)14-2-1-13(21-14)12-7-16-9-20-12/h1-2,7,9-11H,3-6,8H2,(H,17,19)/t11-/m0/s1. The second-order valence-electron chi connectivity index (χ2n) is 5.75. The highest BCUT2D eigenvalue weighted by Crippen LogP contribution is 2.30. The number of carbonyl (C=O) groups excluding carboxylic acids is 1. The van der Waals surface area contributed by atoms with Gasteiger partial charge >= 0.3 is 0 Å². The number of thiophene rings is 1. The molecule has 3 aliphatic heterocycles. The normalized spacial score (nSPS) is 27.7. The van der Waals surface area contributed by atoms with Gasteiger partial charge in [-0.2, -0.15) is 0 Å². The van der Waals surface area contributed by atoms with Crippen molar-refractivity contribution in [1.82, 2.24) is 15.2 Å². The average Bonchev–Trinajstić information content (AvgIpc) is 3.20. The molecule has 3 fully saturated rings. The number of carbonyl (C=O) groups is 1. The molecule has 5 nitrogen and oxygen atoms in total. The van der Waals surface area contributed by atoms with Crippen LogP contribution in [0.25, 0.3) is 10.6 Å². The number of fused-ring (bicyclic) bond motifs is 3. The fraction of sp³-hybridized carbons (Fsp3) is 0.467. The molecule has 1 amide bonds. The zero-order valence-electron chi connectivity index (χ0n) is 11.6. The van der Waals surface area contributed by atoms with Crippen LogP contribution < -0.4 is 5.32 Å². The average molecular weight is 303 g/mol. The summed E-state index contributed by atoms with van der Waals surface area (Å²) in [5.74, 6) is 1.39. The molecule has 3 aliphatic rings. The van der Waals surface area contributed by atoms with Crippen molar-refractivity contribution in [1.29, 1.82) is 0 Å². The number of nitrogens with one attached hydrogen (secondary N) is 1. The summed E-state index contributed by atoms with van der Waals surface area (Å²) in [4.78, 5) is 20.4. The number of nitrogens with zero attached hydrogens (tertiary/aromatic N) is 2. The monoisotopic (exact) mass is 303 g/mol. The molecule has 5 rings (SSSR count). The Morgan fingerprint density at radius 2 is 2.24 bits per heavy atom. The fourth-order valence-electron chi connectivity index (χ4n) is 3.30. The van der Waals surface area contributed by atoms with Crippen LogP contribution in [0.3, 0.4) is 0 Å². The lowest BCUT2D eigenvalue weighted by Gasteiger charge is -2.44. The minimum absolute atomic E-state index is 0.0320. The lowest BCUT2D eigenvalue weighted by molar-refractivity contribution is 0.0622. The zero-order valence-corrected chi connectivity index (χ0v) is 12.4. The number of hydrogen-bond acceptors (Lipinski definition) is 5. The number of oxazole rings is 1. The first kappa shape index (κ1) is 13.0. The third-order valence-electron chi connectivity index (χ3n) is 4.48. The van der Waals surface area contributed by atoms with Gasteiger partial charge in [0.1, 0.15) is 0 Å². The van der Waals surface area contributed by atoms with Crippen LogP contribution in [0.2, 0.25) is 0 Å². The Balaban J connectivity index is 1.46. The van der Waals surface area contributed by atoms with Gasteiger partial charge in [-0.05, 0) is 44.0 Å². The maximum Gasteiger partial charge on any atom is 0.261 e. The number of amides is 1. The van der Waals surface area contributed by atoms with E-state index in [1.54, 1.807) is 6.20 Å². The number of hydrogen-bond donors (Lipinski definition) is 1. The van der Waals surface area contributed by atoms with Crippen molar-refractivity contribution in [3.8, 4) is 10.6 Å². The van der Waals surface area contributed by atoms with Gasteiger partial charge in [0.25, 0.3) is 5.91 Å². The van der Waals surface area contributed by atoms with Crippen LogP contribution in [0.4, 0.5) is 0 Å².